The molecule has 1 N–H and O–H groups in total. The molecule has 0 spiro atoms. The largest absolute Gasteiger partial charge is 0.539 e. The van der Waals surface area contributed by atoms with Crippen LogP contribution in [0.15, 0.2) is 18.2 Å². The van der Waals surface area contributed by atoms with Gasteiger partial charge in [0.2, 0.25) is 0 Å². The summed E-state index contributed by atoms with van der Waals surface area (Å²) in [7, 11) is -0.410. The van der Waals surface area contributed by atoms with Crippen molar-refractivity contribution in [2.45, 2.75) is 13.8 Å². The summed E-state index contributed by atoms with van der Waals surface area (Å²) in [6, 6.07) is 4.97. The van der Waals surface area contributed by atoms with Gasteiger partial charge in [0.05, 0.1) is 12.2 Å². The molecule has 0 aliphatic heterocycles. The van der Waals surface area contributed by atoms with E-state index in [2.05, 4.69) is 0 Å². The Labute approximate surface area is 89.1 Å². The van der Waals surface area contributed by atoms with E-state index in [0.29, 0.717) is 17.9 Å². The molecule has 4 nitrogen and oxygen atoms in total. The van der Waals surface area contributed by atoms with Crippen molar-refractivity contribution in [2.24, 2.45) is 0 Å². The van der Waals surface area contributed by atoms with E-state index in [1.165, 1.54) is 0 Å². The molecular formula is C10H13BO4. The number of carbonyl (C=O) groups excluding carboxylic acids is 1. The van der Waals surface area contributed by atoms with Crippen molar-refractivity contribution in [2.75, 3.05) is 6.61 Å². The summed E-state index contributed by atoms with van der Waals surface area (Å²) in [6.07, 6.45) is 0. The van der Waals surface area contributed by atoms with E-state index in [4.69, 9.17) is 14.4 Å². The van der Waals surface area contributed by atoms with Crippen LogP contribution in [-0.2, 0) is 4.74 Å². The summed E-state index contributed by atoms with van der Waals surface area (Å²) in [6.45, 7) is 3.92. The van der Waals surface area contributed by atoms with Crippen molar-refractivity contribution in [3.05, 3.63) is 29.3 Å². The van der Waals surface area contributed by atoms with Gasteiger partial charge in [-0.2, -0.15) is 0 Å². The van der Waals surface area contributed by atoms with Crippen molar-refractivity contribution in [3.63, 3.8) is 0 Å². The third-order valence-corrected chi connectivity index (χ3v) is 1.92. The smallest absolute Gasteiger partial charge is 0.504 e. The molecule has 0 saturated carbocycles. The number of rotatable bonds is 4. The monoisotopic (exact) mass is 208 g/mol. The number of ether oxygens (including phenoxy) is 1. The zero-order valence-corrected chi connectivity index (χ0v) is 8.82. The lowest BCUT2D eigenvalue weighted by molar-refractivity contribution is 0.0526. The number of hydrogen-bond donors (Lipinski definition) is 1. The van der Waals surface area contributed by atoms with Crippen LogP contribution in [0.5, 0.6) is 5.75 Å². The molecule has 0 aromatic heterocycles. The Bertz CT molecular complexity index is 351. The van der Waals surface area contributed by atoms with Gasteiger partial charge in [-0.1, -0.05) is 6.07 Å². The second kappa shape index (κ2) is 5.41. The highest BCUT2D eigenvalue weighted by Crippen LogP contribution is 2.19. The molecule has 1 rings (SSSR count). The van der Waals surface area contributed by atoms with Crippen molar-refractivity contribution < 1.29 is 19.2 Å². The van der Waals surface area contributed by atoms with Gasteiger partial charge in [-0.3, -0.25) is 0 Å². The van der Waals surface area contributed by atoms with Crippen LogP contribution < -0.4 is 4.65 Å². The summed E-state index contributed by atoms with van der Waals surface area (Å²) >= 11 is 0. The third kappa shape index (κ3) is 2.99. The van der Waals surface area contributed by atoms with Crippen LogP contribution in [0.1, 0.15) is 22.8 Å². The molecule has 0 aliphatic rings. The number of benzene rings is 1. The lowest BCUT2D eigenvalue weighted by Crippen LogP contribution is -2.07. The molecule has 0 fully saturated rings. The van der Waals surface area contributed by atoms with Crippen LogP contribution in [0.25, 0.3) is 0 Å². The maximum absolute atomic E-state index is 11.4. The van der Waals surface area contributed by atoms with E-state index in [-0.39, 0.29) is 5.97 Å². The Morgan fingerprint density at radius 3 is 2.87 bits per heavy atom. The van der Waals surface area contributed by atoms with Gasteiger partial charge in [-0.05, 0) is 31.5 Å². The topological polar surface area (TPSA) is 55.8 Å². The molecule has 0 saturated heterocycles. The SMILES string of the molecule is CCOC(=O)c1ccc(C)c(OBO)c1. The van der Waals surface area contributed by atoms with Crippen LogP contribution >= 0.6 is 0 Å². The van der Waals surface area contributed by atoms with Crippen LogP contribution in [0.4, 0.5) is 0 Å². The Morgan fingerprint density at radius 2 is 2.27 bits per heavy atom. The second-order valence-electron chi connectivity index (χ2n) is 2.97. The first-order valence-corrected chi connectivity index (χ1v) is 4.70. The molecule has 0 radical (unpaired) electrons. The predicted molar refractivity (Wildman–Crippen MR) is 57.1 cm³/mol. The van der Waals surface area contributed by atoms with Crippen molar-refractivity contribution in [1.29, 1.82) is 0 Å². The number of esters is 1. The van der Waals surface area contributed by atoms with E-state index >= 15 is 0 Å². The first kappa shape index (κ1) is 11.6. The number of aryl methyl sites for hydroxylation is 1. The zero-order valence-electron chi connectivity index (χ0n) is 8.82. The van der Waals surface area contributed by atoms with Gasteiger partial charge in [0.1, 0.15) is 5.75 Å². The first-order chi connectivity index (χ1) is 7.19. The predicted octanol–water partition coefficient (Wildman–Crippen LogP) is 0.809. The quantitative estimate of drug-likeness (QED) is 0.587. The Morgan fingerprint density at radius 1 is 1.53 bits per heavy atom. The molecule has 15 heavy (non-hydrogen) atoms. The molecule has 1 aromatic rings. The van der Waals surface area contributed by atoms with Crippen LogP contribution in [0.2, 0.25) is 0 Å². The molecule has 0 amide bonds. The molecule has 80 valence electrons. The summed E-state index contributed by atoms with van der Waals surface area (Å²) in [4.78, 5) is 11.4. The minimum Gasteiger partial charge on any atom is -0.539 e. The molecule has 0 atom stereocenters. The maximum Gasteiger partial charge on any atom is 0.504 e. The fourth-order valence-corrected chi connectivity index (χ4v) is 1.17. The minimum atomic E-state index is -0.410. The molecule has 0 heterocycles. The highest BCUT2D eigenvalue weighted by atomic mass is 16.5. The van der Waals surface area contributed by atoms with E-state index in [9.17, 15) is 4.79 Å². The number of carbonyl (C=O) groups is 1. The summed E-state index contributed by atoms with van der Waals surface area (Å²) < 4.78 is 9.80. The molecule has 0 bridgehead atoms. The molecule has 5 heteroatoms. The highest BCUT2D eigenvalue weighted by Gasteiger charge is 2.09. The van der Waals surface area contributed by atoms with Crippen LogP contribution in [0, 0.1) is 6.92 Å². The van der Waals surface area contributed by atoms with Gasteiger partial charge in [-0.15, -0.1) is 0 Å². The molecule has 0 unspecified atom stereocenters. The normalized spacial score (nSPS) is 9.53. The lowest BCUT2D eigenvalue weighted by atomic mass is 10.1. The van der Waals surface area contributed by atoms with E-state index in [1.807, 2.05) is 6.92 Å². The fourth-order valence-electron chi connectivity index (χ4n) is 1.17. The second-order valence-corrected chi connectivity index (χ2v) is 2.97. The van der Waals surface area contributed by atoms with Crippen molar-refractivity contribution in [1.82, 2.24) is 0 Å². The van der Waals surface area contributed by atoms with Crippen LogP contribution in [-0.4, -0.2) is 25.3 Å². The van der Waals surface area contributed by atoms with Crippen LogP contribution in [0.3, 0.4) is 0 Å². The highest BCUT2D eigenvalue weighted by molar-refractivity contribution is 6.17. The summed E-state index contributed by atoms with van der Waals surface area (Å²) in [5, 5.41) is 8.64. The fraction of sp³-hybridized carbons (Fsp3) is 0.300. The van der Waals surface area contributed by atoms with E-state index in [0.717, 1.165) is 5.56 Å². The van der Waals surface area contributed by atoms with Gasteiger partial charge < -0.3 is 14.4 Å². The molecule has 1 aromatic carbocycles. The van der Waals surface area contributed by atoms with Crippen molar-refractivity contribution in [3.8, 4) is 5.75 Å². The van der Waals surface area contributed by atoms with E-state index < -0.39 is 7.69 Å². The van der Waals surface area contributed by atoms with Gasteiger partial charge in [0, 0.05) is 0 Å². The van der Waals surface area contributed by atoms with Gasteiger partial charge in [0.25, 0.3) is 0 Å². The standard InChI is InChI=1S/C10H13BO4/c1-3-14-10(12)8-5-4-7(2)9(6-8)15-11-13/h4-6,11,13H,3H2,1-2H3. The molecular weight excluding hydrogens is 195 g/mol. The van der Waals surface area contributed by atoms with Gasteiger partial charge >= 0.3 is 13.7 Å². The van der Waals surface area contributed by atoms with Gasteiger partial charge in [0.15, 0.2) is 0 Å². The minimum absolute atomic E-state index is 0.336. The number of hydrogen-bond acceptors (Lipinski definition) is 4. The lowest BCUT2D eigenvalue weighted by Gasteiger charge is -2.08. The summed E-state index contributed by atoms with van der Waals surface area (Å²) in [5.41, 5.74) is 1.28. The van der Waals surface area contributed by atoms with E-state index in [1.54, 1.807) is 25.1 Å². The summed E-state index contributed by atoms with van der Waals surface area (Å²) in [5.74, 6) is 0.100. The maximum atomic E-state index is 11.4. The Hall–Kier alpha value is -1.49. The third-order valence-electron chi connectivity index (χ3n) is 1.92. The Kier molecular flexibility index (Phi) is 4.18. The van der Waals surface area contributed by atoms with Gasteiger partial charge in [-0.25, -0.2) is 4.79 Å². The van der Waals surface area contributed by atoms with Crippen molar-refractivity contribution >= 4 is 13.7 Å². The molecule has 0 aliphatic carbocycles. The first-order valence-electron chi connectivity index (χ1n) is 4.70. The average molecular weight is 208 g/mol. The zero-order chi connectivity index (χ0) is 11.3. The average Bonchev–Trinajstić information content (AvgIpc) is 2.22. The Balaban J connectivity index is 2.91.